The number of rotatable bonds is 8. The number of aromatic nitrogens is 1. The summed E-state index contributed by atoms with van der Waals surface area (Å²) < 4.78 is 2.45. The Morgan fingerprint density at radius 3 is 1.34 bits per heavy atom. The second-order valence-corrected chi connectivity index (χ2v) is 16.5. The molecule has 0 unspecified atom stereocenters. The van der Waals surface area contributed by atoms with Gasteiger partial charge in [0.25, 0.3) is 0 Å². The molecule has 0 spiro atoms. The van der Waals surface area contributed by atoms with E-state index in [-0.39, 0.29) is 0 Å². The van der Waals surface area contributed by atoms with E-state index in [1.807, 2.05) is 0 Å². The van der Waals surface area contributed by atoms with Crippen LogP contribution in [0.3, 0.4) is 0 Å². The minimum Gasteiger partial charge on any atom is -0.355 e. The molecule has 0 bridgehead atoms. The van der Waals surface area contributed by atoms with Crippen molar-refractivity contribution >= 4 is 54.7 Å². The van der Waals surface area contributed by atoms with Gasteiger partial charge in [0.15, 0.2) is 0 Å². The van der Waals surface area contributed by atoms with Gasteiger partial charge in [-0.3, -0.25) is 0 Å². The van der Waals surface area contributed by atoms with Gasteiger partial charge in [0.2, 0.25) is 0 Å². The summed E-state index contributed by atoms with van der Waals surface area (Å²) in [5.74, 6) is 0. The number of anilines is 2. The van der Waals surface area contributed by atoms with Crippen LogP contribution < -0.4 is 5.32 Å². The van der Waals surface area contributed by atoms with Crippen LogP contribution in [0.25, 0.3) is 105 Å². The lowest BCUT2D eigenvalue weighted by Crippen LogP contribution is -1.98. The molecule has 12 aromatic rings. The van der Waals surface area contributed by atoms with Crippen molar-refractivity contribution in [2.45, 2.75) is 0 Å². The number of benzene rings is 11. The summed E-state index contributed by atoms with van der Waals surface area (Å²) in [6.45, 7) is 0. The van der Waals surface area contributed by atoms with Crippen LogP contribution in [0.2, 0.25) is 0 Å². The van der Waals surface area contributed by atoms with Gasteiger partial charge in [-0.15, -0.1) is 0 Å². The maximum absolute atomic E-state index is 3.79. The van der Waals surface area contributed by atoms with Crippen molar-refractivity contribution < 1.29 is 0 Å². The second kappa shape index (κ2) is 15.8. The zero-order valence-corrected chi connectivity index (χ0v) is 35.1. The number of nitrogens with zero attached hydrogens (tertiary/aromatic N) is 1. The molecule has 0 aliphatic heterocycles. The molecule has 11 aromatic carbocycles. The molecule has 0 aliphatic carbocycles. The van der Waals surface area contributed by atoms with Crippen LogP contribution in [0.1, 0.15) is 0 Å². The van der Waals surface area contributed by atoms with Crippen molar-refractivity contribution in [2.24, 2.45) is 0 Å². The monoisotopic (exact) mass is 814 g/mol. The highest BCUT2D eigenvalue weighted by molar-refractivity contribution is 6.24. The highest BCUT2D eigenvalue weighted by Gasteiger charge is 2.23. The van der Waals surface area contributed by atoms with Crippen molar-refractivity contribution in [3.8, 4) is 61.3 Å². The molecule has 0 saturated heterocycles. The summed E-state index contributed by atoms with van der Waals surface area (Å²) in [6, 6.07) is 90.4. The van der Waals surface area contributed by atoms with Gasteiger partial charge in [0.1, 0.15) is 0 Å². The average molecular weight is 815 g/mol. The minimum absolute atomic E-state index is 1.04. The van der Waals surface area contributed by atoms with Gasteiger partial charge in [-0.05, 0) is 120 Å². The van der Waals surface area contributed by atoms with E-state index in [1.54, 1.807) is 0 Å². The highest BCUT2D eigenvalue weighted by Crippen LogP contribution is 2.50. The van der Waals surface area contributed by atoms with E-state index >= 15 is 0 Å². The molecule has 0 amide bonds. The molecule has 1 aromatic heterocycles. The van der Waals surface area contributed by atoms with E-state index in [9.17, 15) is 0 Å². The standard InChI is InChI=1S/C62H42N2/c1-5-21-42(22-6-1)48-29-13-15-32-51(48)60-53-34-17-18-35-54(53)61(52-33-16-14-30-49(52)43-23-7-2-8-24-43)57-39-44(37-38-55(57)60)56-40-46(63-45-25-9-3-10-26-45)41-58-50-31-19-20-36-59(50)64(62(56)58)47-27-11-4-12-28-47/h1-41,63H. The SMILES string of the molecule is c1ccc(Nc2cc(-c3ccc4c(-c5ccccc5-c5ccccc5)c5ccccc5c(-c5ccccc5-c5ccccc5)c4c3)c3c(c2)c2ccccc2n3-c2ccccc2)cc1. The lowest BCUT2D eigenvalue weighted by molar-refractivity contribution is 1.18. The van der Waals surface area contributed by atoms with Crippen LogP contribution in [-0.2, 0) is 0 Å². The molecule has 0 fully saturated rings. The molecular weight excluding hydrogens is 773 g/mol. The van der Waals surface area contributed by atoms with E-state index in [1.165, 1.54) is 87.9 Å². The van der Waals surface area contributed by atoms with Crippen LogP contribution in [0.4, 0.5) is 11.4 Å². The van der Waals surface area contributed by atoms with Crippen molar-refractivity contribution in [2.75, 3.05) is 5.32 Å². The van der Waals surface area contributed by atoms with Crippen molar-refractivity contribution in [1.29, 1.82) is 0 Å². The van der Waals surface area contributed by atoms with Gasteiger partial charge in [0.05, 0.1) is 11.0 Å². The molecule has 0 aliphatic rings. The first-order valence-electron chi connectivity index (χ1n) is 22.0. The smallest absolute Gasteiger partial charge is 0.0621 e. The molecule has 0 atom stereocenters. The molecule has 1 N–H and O–H groups in total. The fourth-order valence-corrected chi connectivity index (χ4v) is 9.99. The van der Waals surface area contributed by atoms with Gasteiger partial charge in [0, 0.05) is 33.4 Å². The topological polar surface area (TPSA) is 17.0 Å². The summed E-state index contributed by atoms with van der Waals surface area (Å²) in [5, 5.41) is 11.1. The van der Waals surface area contributed by atoms with E-state index in [4.69, 9.17) is 0 Å². The first kappa shape index (κ1) is 37.3. The second-order valence-electron chi connectivity index (χ2n) is 16.5. The van der Waals surface area contributed by atoms with E-state index in [0.717, 1.165) is 28.2 Å². The first-order chi connectivity index (χ1) is 31.8. The van der Waals surface area contributed by atoms with Crippen molar-refractivity contribution in [3.05, 3.63) is 249 Å². The van der Waals surface area contributed by atoms with Crippen LogP contribution >= 0.6 is 0 Å². The van der Waals surface area contributed by atoms with Crippen LogP contribution in [0.15, 0.2) is 249 Å². The summed E-state index contributed by atoms with van der Waals surface area (Å²) >= 11 is 0. The Labute approximate surface area is 373 Å². The van der Waals surface area contributed by atoms with Gasteiger partial charge in [-0.2, -0.15) is 0 Å². The summed E-state index contributed by atoms with van der Waals surface area (Å²) in [7, 11) is 0. The third kappa shape index (κ3) is 6.35. The molecule has 12 rings (SSSR count). The number of hydrogen-bond acceptors (Lipinski definition) is 1. The molecule has 2 heteroatoms. The Hall–Kier alpha value is -8.46. The Balaban J connectivity index is 1.23. The lowest BCUT2D eigenvalue weighted by atomic mass is 9.81. The maximum Gasteiger partial charge on any atom is 0.0621 e. The van der Waals surface area contributed by atoms with E-state index < -0.39 is 0 Å². The van der Waals surface area contributed by atoms with E-state index in [2.05, 4.69) is 259 Å². The van der Waals surface area contributed by atoms with Crippen LogP contribution in [0.5, 0.6) is 0 Å². The molecule has 0 saturated carbocycles. The Bertz CT molecular complexity index is 3660. The van der Waals surface area contributed by atoms with Crippen LogP contribution in [0, 0.1) is 0 Å². The quantitative estimate of drug-likeness (QED) is 0.151. The first-order valence-corrected chi connectivity index (χ1v) is 22.0. The molecular formula is C62H42N2. The molecule has 64 heavy (non-hydrogen) atoms. The molecule has 2 nitrogen and oxygen atoms in total. The molecule has 0 radical (unpaired) electrons. The molecule has 1 heterocycles. The Morgan fingerprint density at radius 1 is 0.266 bits per heavy atom. The average Bonchev–Trinajstić information content (AvgIpc) is 3.70. The Kier molecular flexibility index (Phi) is 9.20. The predicted molar refractivity (Wildman–Crippen MR) is 273 cm³/mol. The lowest BCUT2D eigenvalue weighted by Gasteiger charge is -2.22. The Morgan fingerprint density at radius 2 is 0.734 bits per heavy atom. The van der Waals surface area contributed by atoms with Gasteiger partial charge < -0.3 is 9.88 Å². The zero-order chi connectivity index (χ0) is 42.4. The number of fused-ring (bicyclic) bond motifs is 5. The third-order valence-electron chi connectivity index (χ3n) is 12.7. The summed E-state index contributed by atoms with van der Waals surface area (Å²) in [6.07, 6.45) is 0. The third-order valence-corrected chi connectivity index (χ3v) is 12.7. The number of hydrogen-bond donors (Lipinski definition) is 1. The predicted octanol–water partition coefficient (Wildman–Crippen LogP) is 17.2. The zero-order valence-electron chi connectivity index (χ0n) is 35.1. The van der Waals surface area contributed by atoms with E-state index in [0.29, 0.717) is 0 Å². The van der Waals surface area contributed by atoms with Gasteiger partial charge in [-0.25, -0.2) is 0 Å². The van der Waals surface area contributed by atoms with Crippen molar-refractivity contribution in [3.63, 3.8) is 0 Å². The summed E-state index contributed by atoms with van der Waals surface area (Å²) in [4.78, 5) is 0. The fraction of sp³-hybridized carbons (Fsp3) is 0. The van der Waals surface area contributed by atoms with Gasteiger partial charge in [-0.1, -0.05) is 200 Å². The normalized spacial score (nSPS) is 11.4. The fourth-order valence-electron chi connectivity index (χ4n) is 9.99. The minimum atomic E-state index is 1.04. The highest BCUT2D eigenvalue weighted by atomic mass is 15.0. The number of nitrogens with one attached hydrogen (secondary N) is 1. The summed E-state index contributed by atoms with van der Waals surface area (Å²) in [5.41, 5.74) is 17.5. The van der Waals surface area contributed by atoms with Crippen molar-refractivity contribution in [1.82, 2.24) is 4.57 Å². The van der Waals surface area contributed by atoms with Crippen LogP contribution in [-0.4, -0.2) is 4.57 Å². The largest absolute Gasteiger partial charge is 0.355 e. The molecule has 300 valence electrons. The maximum atomic E-state index is 3.79. The van der Waals surface area contributed by atoms with Gasteiger partial charge >= 0.3 is 0 Å². The number of para-hydroxylation sites is 3.